The van der Waals surface area contributed by atoms with Crippen molar-refractivity contribution in [2.24, 2.45) is 11.8 Å². The van der Waals surface area contributed by atoms with E-state index in [2.05, 4.69) is 0 Å². The number of likely N-dealkylation sites (tertiary alicyclic amines) is 1. The van der Waals surface area contributed by atoms with Crippen LogP contribution < -0.4 is 4.74 Å². The van der Waals surface area contributed by atoms with E-state index in [-0.39, 0.29) is 35.2 Å². The van der Waals surface area contributed by atoms with Gasteiger partial charge >= 0.3 is 0 Å². The number of ketones is 1. The van der Waals surface area contributed by atoms with Crippen molar-refractivity contribution in [2.75, 3.05) is 13.1 Å². The molecular formula is C18H19NO4. The smallest absolute Gasteiger partial charge is 0.290 e. The lowest BCUT2D eigenvalue weighted by molar-refractivity contribution is -0.129. The molecule has 2 atom stereocenters. The third-order valence-electron chi connectivity index (χ3n) is 4.00. The zero-order valence-corrected chi connectivity index (χ0v) is 13.2. The molecule has 0 aliphatic carbocycles. The fourth-order valence-electron chi connectivity index (χ4n) is 2.82. The molecule has 1 amide bonds. The number of nitrogens with zero attached hydrogens (tertiary/aromatic N) is 1. The first kappa shape index (κ1) is 15.3. The molecule has 1 aliphatic heterocycles. The first-order valence-corrected chi connectivity index (χ1v) is 7.70. The highest BCUT2D eigenvalue weighted by Crippen LogP contribution is 2.25. The number of Topliss-reactive ketones (excluding diaryl/α,β-unsaturated/α-hetero) is 1. The zero-order chi connectivity index (χ0) is 16.4. The van der Waals surface area contributed by atoms with Crippen LogP contribution in [0.4, 0.5) is 0 Å². The summed E-state index contributed by atoms with van der Waals surface area (Å²) in [6.45, 7) is 4.56. The van der Waals surface area contributed by atoms with Crippen LogP contribution in [0.5, 0.6) is 11.7 Å². The van der Waals surface area contributed by atoms with Gasteiger partial charge in [-0.3, -0.25) is 9.59 Å². The molecule has 1 aromatic carbocycles. The Labute approximate surface area is 134 Å². The summed E-state index contributed by atoms with van der Waals surface area (Å²) in [5.74, 6) is 0.862. The maximum absolute atomic E-state index is 12.5. The summed E-state index contributed by atoms with van der Waals surface area (Å²) >= 11 is 0. The van der Waals surface area contributed by atoms with E-state index in [4.69, 9.17) is 9.15 Å². The number of rotatable bonds is 3. The minimum Gasteiger partial charge on any atom is -0.426 e. The van der Waals surface area contributed by atoms with Crippen LogP contribution in [0, 0.1) is 11.8 Å². The largest absolute Gasteiger partial charge is 0.426 e. The molecule has 1 fully saturated rings. The molecule has 0 saturated carbocycles. The minimum absolute atomic E-state index is 0.141. The van der Waals surface area contributed by atoms with Gasteiger partial charge in [0.05, 0.1) is 0 Å². The van der Waals surface area contributed by atoms with Crippen molar-refractivity contribution in [1.82, 2.24) is 4.90 Å². The van der Waals surface area contributed by atoms with Crippen molar-refractivity contribution >= 4 is 11.7 Å². The lowest BCUT2D eigenvalue weighted by Gasteiger charge is -2.33. The van der Waals surface area contributed by atoms with E-state index in [1.165, 1.54) is 0 Å². The van der Waals surface area contributed by atoms with Crippen molar-refractivity contribution in [3.63, 3.8) is 0 Å². The summed E-state index contributed by atoms with van der Waals surface area (Å²) < 4.78 is 11.1. The summed E-state index contributed by atoms with van der Waals surface area (Å²) in [5.41, 5.74) is 0. The van der Waals surface area contributed by atoms with Gasteiger partial charge in [0.1, 0.15) is 11.5 Å². The van der Waals surface area contributed by atoms with Crippen LogP contribution in [0.3, 0.4) is 0 Å². The molecule has 0 spiro atoms. The van der Waals surface area contributed by atoms with Crippen LogP contribution in [-0.4, -0.2) is 29.7 Å². The number of carbonyl (C=O) groups excluding carboxylic acids is 2. The number of carbonyl (C=O) groups is 2. The number of ether oxygens (including phenoxy) is 1. The second kappa shape index (κ2) is 6.28. The molecular weight excluding hydrogens is 294 g/mol. The van der Waals surface area contributed by atoms with Crippen molar-refractivity contribution < 1.29 is 18.7 Å². The van der Waals surface area contributed by atoms with Crippen LogP contribution in [0.15, 0.2) is 46.9 Å². The topological polar surface area (TPSA) is 59.8 Å². The number of hydrogen-bond acceptors (Lipinski definition) is 4. The summed E-state index contributed by atoms with van der Waals surface area (Å²) in [5, 5.41) is 0. The molecule has 5 nitrogen and oxygen atoms in total. The number of furan rings is 1. The summed E-state index contributed by atoms with van der Waals surface area (Å²) in [6, 6.07) is 12.5. The third-order valence-corrected chi connectivity index (χ3v) is 4.00. The van der Waals surface area contributed by atoms with Crippen LogP contribution in [0.2, 0.25) is 0 Å². The van der Waals surface area contributed by atoms with E-state index < -0.39 is 0 Å². The normalized spacial score (nSPS) is 21.3. The first-order valence-electron chi connectivity index (χ1n) is 7.70. The maximum atomic E-state index is 12.5. The van der Waals surface area contributed by atoms with Crippen molar-refractivity contribution in [3.8, 4) is 11.7 Å². The lowest BCUT2D eigenvalue weighted by Crippen LogP contribution is -2.47. The molecule has 1 saturated heterocycles. The summed E-state index contributed by atoms with van der Waals surface area (Å²) in [7, 11) is 0. The van der Waals surface area contributed by atoms with Crippen LogP contribution in [0.25, 0.3) is 0 Å². The Balaban J connectivity index is 1.70. The average Bonchev–Trinajstić information content (AvgIpc) is 3.01. The van der Waals surface area contributed by atoms with Crippen LogP contribution in [0.1, 0.15) is 24.4 Å². The van der Waals surface area contributed by atoms with Gasteiger partial charge in [0.25, 0.3) is 11.9 Å². The third kappa shape index (κ3) is 3.28. The monoisotopic (exact) mass is 313 g/mol. The lowest BCUT2D eigenvalue weighted by atomic mass is 9.90. The van der Waals surface area contributed by atoms with Crippen molar-refractivity contribution in [1.29, 1.82) is 0 Å². The van der Waals surface area contributed by atoms with Gasteiger partial charge in [0.15, 0.2) is 5.76 Å². The van der Waals surface area contributed by atoms with Gasteiger partial charge in [-0.15, -0.1) is 0 Å². The molecule has 0 N–H and O–H groups in total. The van der Waals surface area contributed by atoms with Gasteiger partial charge in [0.2, 0.25) is 0 Å². The van der Waals surface area contributed by atoms with Gasteiger partial charge in [-0.25, -0.2) is 0 Å². The summed E-state index contributed by atoms with van der Waals surface area (Å²) in [6.07, 6.45) is 0. The van der Waals surface area contributed by atoms with E-state index in [9.17, 15) is 9.59 Å². The molecule has 23 heavy (non-hydrogen) atoms. The van der Waals surface area contributed by atoms with Crippen LogP contribution >= 0.6 is 0 Å². The standard InChI is InChI=1S/C18H19NO4/c1-12-10-19(11-13(2)17(12)20)18(21)15-8-9-16(23-15)22-14-6-4-3-5-7-14/h3-9,12-13H,10-11H2,1-2H3/t12-,13+. The minimum atomic E-state index is -0.209. The fourth-order valence-corrected chi connectivity index (χ4v) is 2.82. The van der Waals surface area contributed by atoms with Crippen LogP contribution in [-0.2, 0) is 4.79 Å². The van der Waals surface area contributed by atoms with E-state index in [1.807, 2.05) is 44.2 Å². The quantitative estimate of drug-likeness (QED) is 0.871. The zero-order valence-electron chi connectivity index (χ0n) is 13.2. The Kier molecular flexibility index (Phi) is 4.19. The van der Waals surface area contributed by atoms with E-state index in [0.717, 1.165) is 0 Å². The molecule has 3 rings (SSSR count). The summed E-state index contributed by atoms with van der Waals surface area (Å²) in [4.78, 5) is 26.1. The maximum Gasteiger partial charge on any atom is 0.290 e. The van der Waals surface area contributed by atoms with Crippen molar-refractivity contribution in [2.45, 2.75) is 13.8 Å². The van der Waals surface area contributed by atoms with Gasteiger partial charge in [-0.2, -0.15) is 0 Å². The highest BCUT2D eigenvalue weighted by molar-refractivity contribution is 5.94. The number of piperidine rings is 1. The Morgan fingerprint density at radius 3 is 2.39 bits per heavy atom. The number of benzene rings is 1. The molecule has 0 bridgehead atoms. The molecule has 120 valence electrons. The Morgan fingerprint density at radius 2 is 1.74 bits per heavy atom. The first-order chi connectivity index (χ1) is 11.0. The predicted molar refractivity (Wildman–Crippen MR) is 84.5 cm³/mol. The Hall–Kier alpha value is -2.56. The van der Waals surface area contributed by atoms with E-state index >= 15 is 0 Å². The molecule has 2 aromatic rings. The predicted octanol–water partition coefficient (Wildman–Crippen LogP) is 3.37. The Bertz CT molecular complexity index is 693. The molecule has 1 aliphatic rings. The number of para-hydroxylation sites is 1. The second-order valence-corrected chi connectivity index (χ2v) is 5.95. The SMILES string of the molecule is C[C@@H]1CN(C(=O)c2ccc(Oc3ccccc3)o2)C[C@H](C)C1=O. The van der Waals surface area contributed by atoms with Gasteiger partial charge < -0.3 is 14.1 Å². The highest BCUT2D eigenvalue weighted by atomic mass is 16.6. The Morgan fingerprint density at radius 1 is 1.09 bits per heavy atom. The van der Waals surface area contributed by atoms with E-state index in [0.29, 0.717) is 18.8 Å². The van der Waals surface area contributed by atoms with Crippen molar-refractivity contribution in [3.05, 3.63) is 48.2 Å². The molecule has 0 unspecified atom stereocenters. The fraction of sp³-hybridized carbons (Fsp3) is 0.333. The molecule has 2 heterocycles. The molecule has 0 radical (unpaired) electrons. The average molecular weight is 313 g/mol. The number of amides is 1. The van der Waals surface area contributed by atoms with Gasteiger partial charge in [0, 0.05) is 31.0 Å². The van der Waals surface area contributed by atoms with Gasteiger partial charge in [-0.1, -0.05) is 32.0 Å². The molecule has 5 heteroatoms. The second-order valence-electron chi connectivity index (χ2n) is 5.95. The number of hydrogen-bond donors (Lipinski definition) is 0. The molecule has 1 aromatic heterocycles. The van der Waals surface area contributed by atoms with E-state index in [1.54, 1.807) is 17.0 Å². The highest BCUT2D eigenvalue weighted by Gasteiger charge is 2.33. The van der Waals surface area contributed by atoms with Gasteiger partial charge in [-0.05, 0) is 18.2 Å².